The van der Waals surface area contributed by atoms with E-state index in [0.29, 0.717) is 12.3 Å². The number of carbonyl (C=O) groups is 2. The second-order valence-corrected chi connectivity index (χ2v) is 4.61. The van der Waals surface area contributed by atoms with Crippen LogP contribution in [-0.2, 0) is 9.53 Å². The Morgan fingerprint density at radius 3 is 2.84 bits per heavy atom. The van der Waals surface area contributed by atoms with Crippen molar-refractivity contribution in [1.29, 1.82) is 0 Å². The van der Waals surface area contributed by atoms with Gasteiger partial charge in [-0.1, -0.05) is 0 Å². The van der Waals surface area contributed by atoms with E-state index in [9.17, 15) is 9.59 Å². The molecule has 1 aliphatic heterocycles. The molecule has 1 saturated heterocycles. The maximum Gasteiger partial charge on any atom is 0.267 e. The average Bonchev–Trinajstić information content (AvgIpc) is 2.39. The topological polar surface area (TPSA) is 94.3 Å². The summed E-state index contributed by atoms with van der Waals surface area (Å²) < 4.78 is 5.46. The van der Waals surface area contributed by atoms with Crippen molar-refractivity contribution >= 4 is 17.5 Å². The molecule has 0 spiro atoms. The Morgan fingerprint density at radius 1 is 1.47 bits per heavy atom. The number of nitrogens with two attached hydrogens (primary N) is 1. The van der Waals surface area contributed by atoms with Crippen molar-refractivity contribution in [3.63, 3.8) is 0 Å². The summed E-state index contributed by atoms with van der Waals surface area (Å²) >= 11 is 0. The van der Waals surface area contributed by atoms with Gasteiger partial charge in [0.25, 0.3) is 5.91 Å². The lowest BCUT2D eigenvalue weighted by Gasteiger charge is -2.27. The van der Waals surface area contributed by atoms with E-state index in [1.165, 1.54) is 12.3 Å². The molecule has 0 aromatic carbocycles. The first kappa shape index (κ1) is 13.5. The molecule has 0 aliphatic carbocycles. The fourth-order valence-electron chi connectivity index (χ4n) is 2.12. The highest BCUT2D eigenvalue weighted by atomic mass is 16.5. The number of primary amides is 1. The predicted molar refractivity (Wildman–Crippen MR) is 69.5 cm³/mol. The summed E-state index contributed by atoms with van der Waals surface area (Å²) in [4.78, 5) is 26.8. The maximum atomic E-state index is 12.1. The van der Waals surface area contributed by atoms with E-state index in [-0.39, 0.29) is 23.6 Å². The van der Waals surface area contributed by atoms with Crippen LogP contribution in [0.3, 0.4) is 0 Å². The molecule has 102 valence electrons. The standard InChI is InChI=1S/C13H17N3O3/c1-8-10(3-2-6-19-8)13(18)16-9-4-5-11(12(14)17)15-7-9/h4-5,7-8,10H,2-3,6H2,1H3,(H2,14,17)(H,16,18). The van der Waals surface area contributed by atoms with E-state index in [0.717, 1.165) is 12.8 Å². The first-order valence-corrected chi connectivity index (χ1v) is 6.26. The fraction of sp³-hybridized carbons (Fsp3) is 0.462. The van der Waals surface area contributed by atoms with E-state index >= 15 is 0 Å². The van der Waals surface area contributed by atoms with Crippen molar-refractivity contribution in [2.75, 3.05) is 11.9 Å². The van der Waals surface area contributed by atoms with Crippen molar-refractivity contribution in [3.8, 4) is 0 Å². The van der Waals surface area contributed by atoms with Crippen molar-refractivity contribution in [2.24, 2.45) is 11.7 Å². The summed E-state index contributed by atoms with van der Waals surface area (Å²) in [5.41, 5.74) is 5.82. The van der Waals surface area contributed by atoms with Crippen LogP contribution in [0.5, 0.6) is 0 Å². The molecule has 1 aromatic rings. The van der Waals surface area contributed by atoms with Crippen LogP contribution in [0.4, 0.5) is 5.69 Å². The molecule has 2 heterocycles. The van der Waals surface area contributed by atoms with Gasteiger partial charge in [-0.15, -0.1) is 0 Å². The van der Waals surface area contributed by atoms with Crippen molar-refractivity contribution in [3.05, 3.63) is 24.0 Å². The van der Waals surface area contributed by atoms with Crippen LogP contribution in [0.2, 0.25) is 0 Å². The Hall–Kier alpha value is -1.95. The molecule has 2 rings (SSSR count). The number of aromatic nitrogens is 1. The fourth-order valence-corrected chi connectivity index (χ4v) is 2.12. The van der Waals surface area contributed by atoms with Crippen LogP contribution in [0.25, 0.3) is 0 Å². The second-order valence-electron chi connectivity index (χ2n) is 4.61. The first-order chi connectivity index (χ1) is 9.08. The number of amides is 2. The van der Waals surface area contributed by atoms with Gasteiger partial charge in [0.2, 0.25) is 5.91 Å². The molecule has 3 N–H and O–H groups in total. The van der Waals surface area contributed by atoms with Crippen LogP contribution in [0, 0.1) is 5.92 Å². The van der Waals surface area contributed by atoms with Gasteiger partial charge >= 0.3 is 0 Å². The van der Waals surface area contributed by atoms with Gasteiger partial charge in [0, 0.05) is 6.61 Å². The third-order valence-electron chi connectivity index (χ3n) is 3.23. The third-order valence-corrected chi connectivity index (χ3v) is 3.23. The highest BCUT2D eigenvalue weighted by Crippen LogP contribution is 2.22. The Balaban J connectivity index is 2.00. The van der Waals surface area contributed by atoms with Crippen molar-refractivity contribution in [2.45, 2.75) is 25.9 Å². The summed E-state index contributed by atoms with van der Waals surface area (Å²) in [7, 11) is 0. The average molecular weight is 263 g/mol. The number of nitrogens with one attached hydrogen (secondary N) is 1. The SMILES string of the molecule is CC1OCCCC1C(=O)Nc1ccc(C(N)=O)nc1. The number of rotatable bonds is 3. The quantitative estimate of drug-likeness (QED) is 0.848. The monoisotopic (exact) mass is 263 g/mol. The molecule has 1 aliphatic rings. The normalized spacial score (nSPS) is 22.8. The van der Waals surface area contributed by atoms with Crippen LogP contribution in [-0.4, -0.2) is 29.5 Å². The zero-order valence-corrected chi connectivity index (χ0v) is 10.8. The maximum absolute atomic E-state index is 12.1. The first-order valence-electron chi connectivity index (χ1n) is 6.26. The second kappa shape index (κ2) is 5.79. The summed E-state index contributed by atoms with van der Waals surface area (Å²) in [5, 5.41) is 2.77. The lowest BCUT2D eigenvalue weighted by atomic mass is 9.94. The summed E-state index contributed by atoms with van der Waals surface area (Å²) in [6, 6.07) is 3.10. The Bertz CT molecular complexity index is 473. The smallest absolute Gasteiger partial charge is 0.267 e. The Kier molecular flexibility index (Phi) is 4.11. The van der Waals surface area contributed by atoms with Crippen LogP contribution < -0.4 is 11.1 Å². The molecule has 1 fully saturated rings. The third kappa shape index (κ3) is 3.29. The van der Waals surface area contributed by atoms with Gasteiger partial charge < -0.3 is 15.8 Å². The molecular formula is C13H17N3O3. The molecule has 1 aromatic heterocycles. The van der Waals surface area contributed by atoms with Gasteiger partial charge in [-0.05, 0) is 31.9 Å². The zero-order valence-electron chi connectivity index (χ0n) is 10.8. The number of ether oxygens (including phenoxy) is 1. The van der Waals surface area contributed by atoms with E-state index in [2.05, 4.69) is 10.3 Å². The number of anilines is 1. The van der Waals surface area contributed by atoms with E-state index < -0.39 is 5.91 Å². The molecule has 2 atom stereocenters. The minimum Gasteiger partial charge on any atom is -0.378 e. The Labute approximate surface area is 111 Å². The number of nitrogens with zero attached hydrogens (tertiary/aromatic N) is 1. The van der Waals surface area contributed by atoms with Crippen molar-refractivity contribution < 1.29 is 14.3 Å². The summed E-state index contributed by atoms with van der Waals surface area (Å²) in [6.45, 7) is 2.61. The largest absolute Gasteiger partial charge is 0.378 e. The van der Waals surface area contributed by atoms with Crippen LogP contribution in [0.15, 0.2) is 18.3 Å². The lowest BCUT2D eigenvalue weighted by Crippen LogP contribution is -2.36. The van der Waals surface area contributed by atoms with Gasteiger partial charge in [-0.25, -0.2) is 4.98 Å². The van der Waals surface area contributed by atoms with Crippen LogP contribution in [0.1, 0.15) is 30.3 Å². The lowest BCUT2D eigenvalue weighted by molar-refractivity contribution is -0.127. The van der Waals surface area contributed by atoms with Crippen molar-refractivity contribution in [1.82, 2.24) is 4.98 Å². The highest BCUT2D eigenvalue weighted by Gasteiger charge is 2.28. The molecule has 0 bridgehead atoms. The minimum atomic E-state index is -0.591. The van der Waals surface area contributed by atoms with Gasteiger partial charge in [0.15, 0.2) is 0 Å². The Morgan fingerprint density at radius 2 is 2.26 bits per heavy atom. The number of hydrogen-bond acceptors (Lipinski definition) is 4. The van der Waals surface area contributed by atoms with Gasteiger partial charge in [-0.2, -0.15) is 0 Å². The van der Waals surface area contributed by atoms with Gasteiger partial charge in [0.05, 0.1) is 23.9 Å². The number of carbonyl (C=O) groups excluding carboxylic acids is 2. The van der Waals surface area contributed by atoms with E-state index in [1.54, 1.807) is 6.07 Å². The van der Waals surface area contributed by atoms with Gasteiger partial charge in [0.1, 0.15) is 5.69 Å². The van der Waals surface area contributed by atoms with Crippen LogP contribution >= 0.6 is 0 Å². The molecular weight excluding hydrogens is 246 g/mol. The molecule has 0 radical (unpaired) electrons. The zero-order chi connectivity index (χ0) is 13.8. The molecule has 2 unspecified atom stereocenters. The molecule has 6 heteroatoms. The van der Waals surface area contributed by atoms with E-state index in [4.69, 9.17) is 10.5 Å². The molecule has 19 heavy (non-hydrogen) atoms. The molecule has 6 nitrogen and oxygen atoms in total. The minimum absolute atomic E-state index is 0.0772. The molecule has 2 amide bonds. The van der Waals surface area contributed by atoms with Gasteiger partial charge in [-0.3, -0.25) is 9.59 Å². The van der Waals surface area contributed by atoms with E-state index in [1.807, 2.05) is 6.92 Å². The number of hydrogen-bond donors (Lipinski definition) is 2. The highest BCUT2D eigenvalue weighted by molar-refractivity contribution is 5.94. The predicted octanol–water partition coefficient (Wildman–Crippen LogP) is 0.934. The molecule has 0 saturated carbocycles. The number of pyridine rings is 1. The summed E-state index contributed by atoms with van der Waals surface area (Å²) in [5.74, 6) is -0.822. The summed E-state index contributed by atoms with van der Waals surface area (Å²) in [6.07, 6.45) is 3.06.